The Morgan fingerprint density at radius 3 is 2.45 bits per heavy atom. The number of allylic oxidation sites excluding steroid dienone is 5. The average Bonchev–Trinajstić information content (AvgIpc) is 3.91. The van der Waals surface area contributed by atoms with Crippen molar-refractivity contribution >= 4 is 20.4 Å². The van der Waals surface area contributed by atoms with Gasteiger partial charge in [-0.05, 0) is 121 Å². The molecule has 1 saturated carbocycles. The summed E-state index contributed by atoms with van der Waals surface area (Å²) >= 11 is 0. The van der Waals surface area contributed by atoms with Crippen molar-refractivity contribution in [3.63, 3.8) is 0 Å². The van der Waals surface area contributed by atoms with E-state index in [1.165, 1.54) is 12.1 Å². The van der Waals surface area contributed by atoms with Crippen molar-refractivity contribution in [1.82, 2.24) is 0 Å². The molecular formula is C36H48F3NO3S. The van der Waals surface area contributed by atoms with Crippen molar-refractivity contribution in [1.29, 1.82) is 0 Å². The highest BCUT2D eigenvalue weighted by molar-refractivity contribution is 8.41. The first-order valence-corrected chi connectivity index (χ1v) is 19.1. The van der Waals surface area contributed by atoms with Crippen LogP contribution < -0.4 is 0 Å². The van der Waals surface area contributed by atoms with Gasteiger partial charge in [0.15, 0.2) is 0 Å². The number of nitrogens with zero attached hydrogens (tertiary/aromatic N) is 1. The van der Waals surface area contributed by atoms with Crippen molar-refractivity contribution in [2.45, 2.75) is 89.4 Å². The van der Waals surface area contributed by atoms with E-state index in [4.69, 9.17) is 9.73 Å². The molecule has 1 aromatic rings. The van der Waals surface area contributed by atoms with Crippen LogP contribution in [0.25, 0.3) is 0 Å². The van der Waals surface area contributed by atoms with E-state index in [1.54, 1.807) is 18.4 Å². The Balaban J connectivity index is 1.20. The van der Waals surface area contributed by atoms with Crippen molar-refractivity contribution in [3.05, 3.63) is 71.2 Å². The molecule has 4 nitrogen and oxygen atoms in total. The zero-order chi connectivity index (χ0) is 31.5. The molecule has 0 spiro atoms. The molecule has 44 heavy (non-hydrogen) atoms. The minimum Gasteiger partial charge on any atom is -0.381 e. The van der Waals surface area contributed by atoms with Crippen LogP contribution in [0.4, 0.5) is 13.2 Å². The van der Waals surface area contributed by atoms with Crippen LogP contribution in [-0.4, -0.2) is 46.5 Å². The number of hydrogen-bond acceptors (Lipinski definition) is 4. The first-order valence-electron chi connectivity index (χ1n) is 16.4. The van der Waals surface area contributed by atoms with Crippen LogP contribution in [0.3, 0.4) is 0 Å². The standard InChI is InChI=1S/C36H48F3NO3S/c1-3-36(38,39)30-17-13-27(14-18-30)9-8-12-31(28-15-16-28)34-33(37)29(11-5-7-22-40-34)10-4-6-19-35(20-23-43-24-21-35)26-44(2,42)25-32(44)41/h3,11,13-14,17-18,22,28,31H,1,4-10,12,15-16,19-21,23-26H2,2H3/b29-11-,34-33?,40-22?. The molecule has 0 amide bonds. The van der Waals surface area contributed by atoms with Gasteiger partial charge >= 0.3 is 0 Å². The van der Waals surface area contributed by atoms with Gasteiger partial charge in [0.2, 0.25) is 5.12 Å². The summed E-state index contributed by atoms with van der Waals surface area (Å²) in [4.78, 5) is 16.8. The predicted molar refractivity (Wildman–Crippen MR) is 173 cm³/mol. The minimum atomic E-state index is -3.14. The third kappa shape index (κ3) is 7.90. The molecule has 0 bridgehead atoms. The third-order valence-corrected chi connectivity index (χ3v) is 13.7. The van der Waals surface area contributed by atoms with Crippen LogP contribution in [-0.2, 0) is 30.9 Å². The molecule has 0 N–H and O–H groups in total. The van der Waals surface area contributed by atoms with Crippen molar-refractivity contribution < 1.29 is 26.9 Å². The summed E-state index contributed by atoms with van der Waals surface area (Å²) in [7, 11) is -3.14. The lowest BCUT2D eigenvalue weighted by Gasteiger charge is -2.40. The van der Waals surface area contributed by atoms with Gasteiger partial charge in [0.05, 0.1) is 11.4 Å². The summed E-state index contributed by atoms with van der Waals surface area (Å²) in [5.41, 5.74) is 2.13. The van der Waals surface area contributed by atoms with Crippen molar-refractivity contribution in [2.75, 3.05) is 31.0 Å². The zero-order valence-electron chi connectivity index (χ0n) is 26.1. The molecule has 3 aliphatic heterocycles. The lowest BCUT2D eigenvalue weighted by molar-refractivity contribution is -0.107. The maximum atomic E-state index is 16.2. The molecule has 0 aromatic heterocycles. The van der Waals surface area contributed by atoms with E-state index in [2.05, 4.69) is 6.58 Å². The topological polar surface area (TPSA) is 55.7 Å². The predicted octanol–water partition coefficient (Wildman–Crippen LogP) is 8.63. The molecule has 1 unspecified atom stereocenters. The fourth-order valence-corrected chi connectivity index (χ4v) is 10.8. The van der Waals surface area contributed by atoms with E-state index < -0.39 is 15.0 Å². The Bertz CT molecular complexity index is 1390. The molecule has 1 atom stereocenters. The molecule has 0 radical (unpaired) electrons. The summed E-state index contributed by atoms with van der Waals surface area (Å²) in [5.74, 6) is -2.01. The monoisotopic (exact) mass is 631 g/mol. The largest absolute Gasteiger partial charge is 0.381 e. The fraction of sp³-hybridized carbons (Fsp3) is 0.611. The molecule has 3 fully saturated rings. The number of hydrogen-bond donors (Lipinski definition) is 0. The van der Waals surface area contributed by atoms with Crippen LogP contribution in [0.15, 0.2) is 65.1 Å². The van der Waals surface area contributed by atoms with Crippen LogP contribution in [0.1, 0.15) is 88.2 Å². The Kier molecular flexibility index (Phi) is 9.91. The van der Waals surface area contributed by atoms with Gasteiger partial charge in [-0.15, -0.1) is 0 Å². The number of carbonyl (C=O) groups is 1. The quantitative estimate of drug-likeness (QED) is 0.111. The van der Waals surface area contributed by atoms with Crippen LogP contribution in [0.2, 0.25) is 0 Å². The Morgan fingerprint density at radius 1 is 1.11 bits per heavy atom. The number of benzene rings is 1. The fourth-order valence-electron chi connectivity index (χ4n) is 7.21. The molecule has 4 aliphatic rings. The second-order valence-corrected chi connectivity index (χ2v) is 18.5. The van der Waals surface area contributed by atoms with Gasteiger partial charge in [0, 0.05) is 36.7 Å². The van der Waals surface area contributed by atoms with Crippen molar-refractivity contribution in [2.24, 2.45) is 22.2 Å². The number of ether oxygens (including phenoxy) is 1. The van der Waals surface area contributed by atoms with Gasteiger partial charge < -0.3 is 4.74 Å². The molecule has 3 heterocycles. The Hall–Kier alpha value is -2.32. The van der Waals surface area contributed by atoms with E-state index in [1.807, 2.05) is 12.3 Å². The summed E-state index contributed by atoms with van der Waals surface area (Å²) in [6.07, 6.45) is 17.2. The summed E-state index contributed by atoms with van der Waals surface area (Å²) in [6.45, 7) is 4.51. The smallest absolute Gasteiger partial charge is 0.291 e. The lowest BCUT2D eigenvalue weighted by Crippen LogP contribution is -2.40. The van der Waals surface area contributed by atoms with E-state index in [-0.39, 0.29) is 33.6 Å². The molecule has 5 rings (SSSR count). The molecule has 242 valence electrons. The SMILES string of the molecule is C=CC(F)(F)c1ccc(CCCC(C2=C(F)/C(CCCCC3(CS4(C)(=O)CC4=O)CCOCC3)=C\CCC=N2)C2CC2)cc1. The van der Waals surface area contributed by atoms with Crippen LogP contribution >= 0.6 is 0 Å². The van der Waals surface area contributed by atoms with E-state index in [0.717, 1.165) is 88.2 Å². The molecule has 2 saturated heterocycles. The van der Waals surface area contributed by atoms with E-state index >= 15 is 4.39 Å². The highest BCUT2D eigenvalue weighted by atomic mass is 32.3. The number of aliphatic imine (C=N–C) groups is 1. The van der Waals surface area contributed by atoms with Crippen molar-refractivity contribution in [3.8, 4) is 0 Å². The summed E-state index contributed by atoms with van der Waals surface area (Å²) < 4.78 is 63.0. The van der Waals surface area contributed by atoms with Crippen LogP contribution in [0, 0.1) is 17.3 Å². The normalized spacial score (nSPS) is 25.6. The second kappa shape index (κ2) is 13.2. The van der Waals surface area contributed by atoms with Gasteiger partial charge in [0.25, 0.3) is 5.92 Å². The first kappa shape index (κ1) is 33.1. The molecule has 1 aromatic carbocycles. The van der Waals surface area contributed by atoms with Gasteiger partial charge in [-0.1, -0.05) is 43.3 Å². The summed E-state index contributed by atoms with van der Waals surface area (Å²) in [5, 5.41) is -0.0656. The third-order valence-electron chi connectivity index (χ3n) is 10.2. The number of unbranched alkanes of at least 4 members (excludes halogenated alkanes) is 1. The Morgan fingerprint density at radius 2 is 1.82 bits per heavy atom. The van der Waals surface area contributed by atoms with Gasteiger partial charge in [-0.2, -0.15) is 8.78 Å². The molecule has 8 heteroatoms. The maximum absolute atomic E-state index is 16.2. The first-order chi connectivity index (χ1) is 20.9. The highest BCUT2D eigenvalue weighted by Crippen LogP contribution is 2.50. The second-order valence-electron chi connectivity index (χ2n) is 13.9. The average molecular weight is 632 g/mol. The number of aryl methyl sites for hydroxylation is 1. The number of halogens is 3. The maximum Gasteiger partial charge on any atom is 0.291 e. The highest BCUT2D eigenvalue weighted by Gasteiger charge is 2.60. The lowest BCUT2D eigenvalue weighted by atomic mass is 9.77. The molecule has 1 aliphatic carbocycles. The van der Waals surface area contributed by atoms with Gasteiger partial charge in [-0.3, -0.25) is 14.0 Å². The van der Waals surface area contributed by atoms with Gasteiger partial charge in [-0.25, -0.2) is 4.39 Å². The Labute approximate surface area is 260 Å². The van der Waals surface area contributed by atoms with Crippen LogP contribution in [0.5, 0.6) is 0 Å². The number of rotatable bonds is 15. The number of alkyl halides is 2. The van der Waals surface area contributed by atoms with E-state index in [9.17, 15) is 17.8 Å². The van der Waals surface area contributed by atoms with E-state index in [0.29, 0.717) is 43.1 Å². The minimum absolute atomic E-state index is 0.0524. The molecular weight excluding hydrogens is 583 g/mol. The zero-order valence-corrected chi connectivity index (χ0v) is 27.0. The number of carbonyl (C=O) groups excluding carboxylic acids is 1. The van der Waals surface area contributed by atoms with Gasteiger partial charge in [0.1, 0.15) is 5.83 Å². The summed E-state index contributed by atoms with van der Waals surface area (Å²) in [6, 6.07) is 6.42.